The summed E-state index contributed by atoms with van der Waals surface area (Å²) in [5.74, 6) is 0.985. The zero-order chi connectivity index (χ0) is 23.2. The lowest BCUT2D eigenvalue weighted by molar-refractivity contribution is 0.287. The molecule has 2 aliphatic heterocycles. The highest BCUT2D eigenvalue weighted by Crippen LogP contribution is 2.38. The Kier molecular flexibility index (Phi) is 5.31. The second-order valence-corrected chi connectivity index (χ2v) is 9.37. The maximum atomic E-state index is 16.2. The second kappa shape index (κ2) is 8.49. The number of piperazine rings is 1. The van der Waals surface area contributed by atoms with Crippen molar-refractivity contribution in [2.45, 2.75) is 37.8 Å². The van der Waals surface area contributed by atoms with E-state index < -0.39 is 5.82 Å². The standard InChI is InChI=1S/C27H27FN4O2/c28-25-21(23-13-19(34)12-16-4-1-2-5-20(16)23)9-10-22-26(25)30-24(6-3-11-33)31-27(22)32-14-17-7-8-18(15-32)29-17/h1-2,4-5,9-10,12-13,17-18,29,33-34H,3,6-8,11,14-15H2/t17-,18+. The molecule has 2 atom stereocenters. The van der Waals surface area contributed by atoms with Gasteiger partial charge >= 0.3 is 0 Å². The van der Waals surface area contributed by atoms with Crippen LogP contribution in [0.15, 0.2) is 48.5 Å². The molecule has 0 unspecified atom stereocenters. The summed E-state index contributed by atoms with van der Waals surface area (Å²) in [6.07, 6.45) is 3.29. The van der Waals surface area contributed by atoms with Crippen molar-refractivity contribution < 1.29 is 14.6 Å². The normalized spacial score (nSPS) is 19.9. The van der Waals surface area contributed by atoms with Crippen LogP contribution in [0.3, 0.4) is 0 Å². The van der Waals surface area contributed by atoms with Crippen LogP contribution in [0.2, 0.25) is 0 Å². The number of hydrogen-bond donors (Lipinski definition) is 3. The number of aromatic hydroxyl groups is 1. The van der Waals surface area contributed by atoms with E-state index in [1.807, 2.05) is 30.3 Å². The fourth-order valence-electron chi connectivity index (χ4n) is 5.48. The van der Waals surface area contributed by atoms with Crippen LogP contribution >= 0.6 is 0 Å². The van der Waals surface area contributed by atoms with Crippen LogP contribution in [0.5, 0.6) is 5.75 Å². The van der Waals surface area contributed by atoms with Gasteiger partial charge in [0.05, 0.1) is 0 Å². The second-order valence-electron chi connectivity index (χ2n) is 9.37. The molecule has 3 N–H and O–H groups in total. The lowest BCUT2D eigenvalue weighted by atomic mass is 9.96. The summed E-state index contributed by atoms with van der Waals surface area (Å²) < 4.78 is 16.2. The summed E-state index contributed by atoms with van der Waals surface area (Å²) in [4.78, 5) is 11.7. The maximum Gasteiger partial charge on any atom is 0.157 e. The third kappa shape index (κ3) is 3.65. The Hall–Kier alpha value is -3.29. The Morgan fingerprint density at radius 3 is 2.56 bits per heavy atom. The molecular formula is C27H27FN4O2. The van der Waals surface area contributed by atoms with E-state index in [1.54, 1.807) is 18.2 Å². The summed E-state index contributed by atoms with van der Waals surface area (Å²) in [6, 6.07) is 15.5. The molecule has 7 heteroatoms. The molecule has 3 aromatic carbocycles. The molecule has 2 bridgehead atoms. The lowest BCUT2D eigenvalue weighted by Gasteiger charge is -2.34. The Labute approximate surface area is 197 Å². The van der Waals surface area contributed by atoms with Crippen molar-refractivity contribution in [1.29, 1.82) is 0 Å². The van der Waals surface area contributed by atoms with Gasteiger partial charge in [0.1, 0.15) is 22.9 Å². The molecule has 2 fully saturated rings. The van der Waals surface area contributed by atoms with E-state index >= 15 is 4.39 Å². The number of hydrogen-bond acceptors (Lipinski definition) is 6. The van der Waals surface area contributed by atoms with Crippen molar-refractivity contribution in [3.8, 4) is 16.9 Å². The van der Waals surface area contributed by atoms with Crippen LogP contribution in [0.4, 0.5) is 10.2 Å². The minimum Gasteiger partial charge on any atom is -0.508 e. The molecule has 174 valence electrons. The van der Waals surface area contributed by atoms with E-state index in [4.69, 9.17) is 4.98 Å². The zero-order valence-corrected chi connectivity index (χ0v) is 18.8. The van der Waals surface area contributed by atoms with Crippen molar-refractivity contribution in [3.63, 3.8) is 0 Å². The Bertz CT molecular complexity index is 1380. The number of fused-ring (bicyclic) bond motifs is 4. The largest absolute Gasteiger partial charge is 0.508 e. The summed E-state index contributed by atoms with van der Waals surface area (Å²) in [6.45, 7) is 1.71. The molecule has 0 spiro atoms. The van der Waals surface area contributed by atoms with Crippen LogP contribution in [0.25, 0.3) is 32.8 Å². The van der Waals surface area contributed by atoms with Gasteiger partial charge in [-0.25, -0.2) is 14.4 Å². The number of aliphatic hydroxyl groups excluding tert-OH is 1. The Balaban J connectivity index is 1.54. The van der Waals surface area contributed by atoms with E-state index in [-0.39, 0.29) is 17.9 Å². The number of anilines is 1. The first-order chi connectivity index (χ1) is 16.6. The molecule has 6 nitrogen and oxygen atoms in total. The van der Waals surface area contributed by atoms with E-state index in [0.29, 0.717) is 47.3 Å². The van der Waals surface area contributed by atoms with Crippen LogP contribution in [-0.2, 0) is 6.42 Å². The van der Waals surface area contributed by atoms with Gasteiger partial charge in [-0.3, -0.25) is 0 Å². The van der Waals surface area contributed by atoms with Crippen molar-refractivity contribution in [2.75, 3.05) is 24.6 Å². The summed E-state index contributed by atoms with van der Waals surface area (Å²) >= 11 is 0. The molecule has 34 heavy (non-hydrogen) atoms. The Morgan fingerprint density at radius 1 is 0.971 bits per heavy atom. The summed E-state index contributed by atoms with van der Waals surface area (Å²) in [5, 5.41) is 25.7. The molecule has 1 aromatic heterocycles. The van der Waals surface area contributed by atoms with Gasteiger partial charge in [0.15, 0.2) is 5.82 Å². The van der Waals surface area contributed by atoms with Crippen molar-refractivity contribution >= 4 is 27.5 Å². The molecule has 0 amide bonds. The van der Waals surface area contributed by atoms with Gasteiger partial charge in [-0.15, -0.1) is 0 Å². The third-order valence-corrected chi connectivity index (χ3v) is 7.04. The van der Waals surface area contributed by atoms with Gasteiger partial charge in [0.25, 0.3) is 0 Å². The molecule has 2 aliphatic rings. The fraction of sp³-hybridized carbons (Fsp3) is 0.333. The highest BCUT2D eigenvalue weighted by molar-refractivity contribution is 6.01. The maximum absolute atomic E-state index is 16.2. The number of benzene rings is 3. The van der Waals surface area contributed by atoms with Gasteiger partial charge in [0.2, 0.25) is 0 Å². The number of aliphatic hydroxyl groups is 1. The van der Waals surface area contributed by atoms with Crippen LogP contribution in [0, 0.1) is 5.82 Å². The highest BCUT2D eigenvalue weighted by atomic mass is 19.1. The van der Waals surface area contributed by atoms with E-state index in [9.17, 15) is 10.2 Å². The summed E-state index contributed by atoms with van der Waals surface area (Å²) in [5.41, 5.74) is 1.32. The first-order valence-electron chi connectivity index (χ1n) is 11.9. The number of phenols is 1. The molecule has 6 rings (SSSR count). The molecule has 0 aliphatic carbocycles. The first-order valence-corrected chi connectivity index (χ1v) is 11.9. The van der Waals surface area contributed by atoms with Gasteiger partial charge in [-0.1, -0.05) is 30.3 Å². The minimum atomic E-state index is -0.416. The minimum absolute atomic E-state index is 0.0340. The third-order valence-electron chi connectivity index (χ3n) is 7.04. The van der Waals surface area contributed by atoms with Gasteiger partial charge < -0.3 is 20.4 Å². The fourth-order valence-corrected chi connectivity index (χ4v) is 5.48. The predicted octanol–water partition coefficient (Wildman–Crippen LogP) is 4.16. The summed E-state index contributed by atoms with van der Waals surface area (Å²) in [7, 11) is 0. The molecule has 3 heterocycles. The molecule has 0 saturated carbocycles. The van der Waals surface area contributed by atoms with Crippen LogP contribution < -0.4 is 10.2 Å². The highest BCUT2D eigenvalue weighted by Gasteiger charge is 2.34. The van der Waals surface area contributed by atoms with E-state index in [0.717, 1.165) is 42.5 Å². The SMILES string of the molecule is OCCCc1nc(N2C[C@H]3CC[C@@H](C2)N3)c2ccc(-c3cc(O)cc4ccccc34)c(F)c2n1. The molecular weight excluding hydrogens is 431 g/mol. The van der Waals surface area contributed by atoms with Crippen LogP contribution in [-0.4, -0.2) is 52.0 Å². The predicted molar refractivity (Wildman–Crippen MR) is 132 cm³/mol. The number of phenolic OH excluding ortho intramolecular Hbond substituents is 1. The topological polar surface area (TPSA) is 81.5 Å². The van der Waals surface area contributed by atoms with Crippen molar-refractivity contribution in [3.05, 3.63) is 60.2 Å². The number of rotatable bonds is 5. The zero-order valence-electron chi connectivity index (χ0n) is 18.8. The van der Waals surface area contributed by atoms with Gasteiger partial charge in [0, 0.05) is 49.2 Å². The monoisotopic (exact) mass is 458 g/mol. The molecule has 0 radical (unpaired) electrons. The molecule has 4 aromatic rings. The number of halogens is 1. The number of nitrogens with zero attached hydrogens (tertiary/aromatic N) is 3. The number of aromatic nitrogens is 2. The Morgan fingerprint density at radius 2 is 1.76 bits per heavy atom. The average Bonchev–Trinajstić information content (AvgIpc) is 3.19. The lowest BCUT2D eigenvalue weighted by Crippen LogP contribution is -2.51. The van der Waals surface area contributed by atoms with Crippen molar-refractivity contribution in [1.82, 2.24) is 15.3 Å². The van der Waals surface area contributed by atoms with Crippen LogP contribution in [0.1, 0.15) is 25.1 Å². The quantitative estimate of drug-likeness (QED) is 0.417. The average molecular weight is 459 g/mol. The van der Waals surface area contributed by atoms with E-state index in [1.165, 1.54) is 0 Å². The molecule has 2 saturated heterocycles. The smallest absolute Gasteiger partial charge is 0.157 e. The number of aryl methyl sites for hydroxylation is 1. The number of nitrogens with one attached hydrogen (secondary N) is 1. The van der Waals surface area contributed by atoms with Gasteiger partial charge in [-0.05, 0) is 53.8 Å². The van der Waals surface area contributed by atoms with Crippen molar-refractivity contribution in [2.24, 2.45) is 0 Å². The van der Waals surface area contributed by atoms with E-state index in [2.05, 4.69) is 15.2 Å². The van der Waals surface area contributed by atoms with Gasteiger partial charge in [-0.2, -0.15) is 0 Å². The first kappa shape index (κ1) is 21.3.